The second-order valence-electron chi connectivity index (χ2n) is 3.66. The zero-order chi connectivity index (χ0) is 12.1. The van der Waals surface area contributed by atoms with Gasteiger partial charge in [0.2, 0.25) is 5.91 Å². The van der Waals surface area contributed by atoms with E-state index in [-0.39, 0.29) is 25.7 Å². The second-order valence-corrected chi connectivity index (χ2v) is 3.66. The lowest BCUT2D eigenvalue weighted by Gasteiger charge is -2.28. The minimum absolute atomic E-state index is 0.0563. The highest BCUT2D eigenvalue weighted by atomic mass is 19.3. The van der Waals surface area contributed by atoms with Crippen LogP contribution < -0.4 is 5.73 Å². The van der Waals surface area contributed by atoms with Crippen LogP contribution in [0.3, 0.4) is 0 Å². The molecule has 0 saturated heterocycles. The fourth-order valence-corrected chi connectivity index (χ4v) is 1.51. The molecule has 5 heteroatoms. The molecule has 0 bridgehead atoms. The standard InChI is InChI=1S/C10H18F3NO/c1-3-7(5-6-9(14)15)10(12,13)8(11)4-2/h7-8H,3-6H2,1-2H3,(H2,14,15). The van der Waals surface area contributed by atoms with Crippen LogP contribution in [-0.2, 0) is 4.79 Å². The van der Waals surface area contributed by atoms with Crippen molar-refractivity contribution in [3.05, 3.63) is 0 Å². The summed E-state index contributed by atoms with van der Waals surface area (Å²) in [6.45, 7) is 2.93. The SMILES string of the molecule is CCC(F)C(F)(F)C(CC)CCC(N)=O. The number of alkyl halides is 3. The number of primary amides is 1. The molecule has 1 amide bonds. The Balaban J connectivity index is 4.42. The van der Waals surface area contributed by atoms with Crippen molar-refractivity contribution in [3.8, 4) is 0 Å². The van der Waals surface area contributed by atoms with Gasteiger partial charge in [0.1, 0.15) is 0 Å². The third-order valence-electron chi connectivity index (χ3n) is 2.55. The van der Waals surface area contributed by atoms with Gasteiger partial charge in [0, 0.05) is 12.3 Å². The zero-order valence-electron chi connectivity index (χ0n) is 9.10. The molecule has 0 heterocycles. The van der Waals surface area contributed by atoms with Crippen LogP contribution in [0.15, 0.2) is 0 Å². The van der Waals surface area contributed by atoms with Crippen LogP contribution in [0, 0.1) is 5.92 Å². The van der Waals surface area contributed by atoms with Crippen molar-refractivity contribution in [3.63, 3.8) is 0 Å². The van der Waals surface area contributed by atoms with Crippen molar-refractivity contribution in [2.24, 2.45) is 11.7 Å². The maximum atomic E-state index is 13.4. The maximum Gasteiger partial charge on any atom is 0.281 e. The molecular weight excluding hydrogens is 207 g/mol. The summed E-state index contributed by atoms with van der Waals surface area (Å²) in [6.07, 6.45) is -2.40. The molecule has 0 aromatic heterocycles. The van der Waals surface area contributed by atoms with Crippen LogP contribution in [0.2, 0.25) is 0 Å². The average Bonchev–Trinajstić information content (AvgIpc) is 2.16. The largest absolute Gasteiger partial charge is 0.370 e. The Morgan fingerprint density at radius 3 is 2.20 bits per heavy atom. The molecule has 2 unspecified atom stereocenters. The van der Waals surface area contributed by atoms with Crippen molar-refractivity contribution in [2.75, 3.05) is 0 Å². The topological polar surface area (TPSA) is 43.1 Å². The van der Waals surface area contributed by atoms with Crippen LogP contribution in [-0.4, -0.2) is 18.0 Å². The van der Waals surface area contributed by atoms with E-state index in [1.165, 1.54) is 6.92 Å². The monoisotopic (exact) mass is 225 g/mol. The van der Waals surface area contributed by atoms with Crippen LogP contribution in [0.1, 0.15) is 39.5 Å². The van der Waals surface area contributed by atoms with Crippen LogP contribution >= 0.6 is 0 Å². The van der Waals surface area contributed by atoms with Gasteiger partial charge in [-0.05, 0) is 19.3 Å². The van der Waals surface area contributed by atoms with Crippen molar-refractivity contribution in [1.29, 1.82) is 0 Å². The lowest BCUT2D eigenvalue weighted by atomic mass is 9.89. The molecule has 0 saturated carbocycles. The number of halogens is 3. The Kier molecular flexibility index (Phi) is 5.68. The van der Waals surface area contributed by atoms with Gasteiger partial charge < -0.3 is 5.73 Å². The van der Waals surface area contributed by atoms with Gasteiger partial charge in [-0.3, -0.25) is 4.79 Å². The van der Waals surface area contributed by atoms with Gasteiger partial charge in [-0.15, -0.1) is 0 Å². The molecular formula is C10H18F3NO. The third-order valence-corrected chi connectivity index (χ3v) is 2.55. The van der Waals surface area contributed by atoms with E-state index >= 15 is 0 Å². The van der Waals surface area contributed by atoms with Gasteiger partial charge in [-0.25, -0.2) is 13.2 Å². The molecule has 0 radical (unpaired) electrons. The summed E-state index contributed by atoms with van der Waals surface area (Å²) in [7, 11) is 0. The fraction of sp³-hybridized carbons (Fsp3) is 0.900. The Hall–Kier alpha value is -0.740. The molecule has 0 fully saturated rings. The van der Waals surface area contributed by atoms with E-state index < -0.39 is 23.9 Å². The highest BCUT2D eigenvalue weighted by molar-refractivity contribution is 5.73. The molecule has 0 spiro atoms. The van der Waals surface area contributed by atoms with Gasteiger partial charge in [-0.2, -0.15) is 0 Å². The predicted octanol–water partition coefficient (Wildman–Crippen LogP) is 2.66. The molecule has 0 aliphatic rings. The number of rotatable bonds is 7. The van der Waals surface area contributed by atoms with Gasteiger partial charge in [-0.1, -0.05) is 13.8 Å². The Bertz CT molecular complexity index is 209. The third kappa shape index (κ3) is 4.10. The van der Waals surface area contributed by atoms with Crippen molar-refractivity contribution in [1.82, 2.24) is 0 Å². The summed E-state index contributed by atoms with van der Waals surface area (Å²) < 4.78 is 39.8. The molecule has 0 aromatic rings. The molecule has 0 aliphatic heterocycles. The number of carbonyl (C=O) groups excluding carboxylic acids is 1. The molecule has 2 N–H and O–H groups in total. The van der Waals surface area contributed by atoms with Crippen LogP contribution in [0.5, 0.6) is 0 Å². The summed E-state index contributed by atoms with van der Waals surface area (Å²) >= 11 is 0. The molecule has 2 nitrogen and oxygen atoms in total. The summed E-state index contributed by atoms with van der Waals surface area (Å²) in [5.74, 6) is -5.10. The van der Waals surface area contributed by atoms with Crippen LogP contribution in [0.25, 0.3) is 0 Å². The minimum atomic E-state index is -3.36. The number of hydrogen-bond donors (Lipinski definition) is 1. The first-order valence-electron chi connectivity index (χ1n) is 5.16. The molecule has 0 aliphatic carbocycles. The van der Waals surface area contributed by atoms with E-state index in [2.05, 4.69) is 0 Å². The molecule has 90 valence electrons. The van der Waals surface area contributed by atoms with E-state index in [4.69, 9.17) is 5.73 Å². The fourth-order valence-electron chi connectivity index (χ4n) is 1.51. The van der Waals surface area contributed by atoms with Gasteiger partial charge >= 0.3 is 0 Å². The van der Waals surface area contributed by atoms with E-state index in [0.29, 0.717) is 0 Å². The number of carbonyl (C=O) groups is 1. The first-order chi connectivity index (χ1) is 6.86. The maximum absolute atomic E-state index is 13.4. The summed E-state index contributed by atoms with van der Waals surface area (Å²) in [5.41, 5.74) is 4.87. The summed E-state index contributed by atoms with van der Waals surface area (Å²) in [6, 6.07) is 0. The highest BCUT2D eigenvalue weighted by Gasteiger charge is 2.45. The van der Waals surface area contributed by atoms with E-state index in [1.807, 2.05) is 0 Å². The van der Waals surface area contributed by atoms with E-state index in [0.717, 1.165) is 0 Å². The van der Waals surface area contributed by atoms with Gasteiger partial charge in [0.25, 0.3) is 5.92 Å². The molecule has 0 aromatic carbocycles. The summed E-state index contributed by atoms with van der Waals surface area (Å²) in [4.78, 5) is 10.5. The lowest BCUT2D eigenvalue weighted by molar-refractivity contribution is -0.128. The number of nitrogens with two attached hydrogens (primary N) is 1. The van der Waals surface area contributed by atoms with Gasteiger partial charge in [0.15, 0.2) is 6.17 Å². The van der Waals surface area contributed by atoms with Crippen molar-refractivity contribution in [2.45, 2.75) is 51.6 Å². The number of amides is 1. The van der Waals surface area contributed by atoms with Crippen LogP contribution in [0.4, 0.5) is 13.2 Å². The van der Waals surface area contributed by atoms with E-state index in [1.54, 1.807) is 6.92 Å². The zero-order valence-corrected chi connectivity index (χ0v) is 9.10. The van der Waals surface area contributed by atoms with E-state index in [9.17, 15) is 18.0 Å². The molecule has 2 atom stereocenters. The average molecular weight is 225 g/mol. The van der Waals surface area contributed by atoms with Gasteiger partial charge in [0.05, 0.1) is 0 Å². The first-order valence-corrected chi connectivity index (χ1v) is 5.16. The first kappa shape index (κ1) is 14.3. The van der Waals surface area contributed by atoms with Crippen molar-refractivity contribution >= 4 is 5.91 Å². The molecule has 15 heavy (non-hydrogen) atoms. The Morgan fingerprint density at radius 2 is 1.87 bits per heavy atom. The Morgan fingerprint density at radius 1 is 1.33 bits per heavy atom. The number of hydrogen-bond acceptors (Lipinski definition) is 1. The molecule has 0 rings (SSSR count). The Labute approximate surface area is 88.0 Å². The minimum Gasteiger partial charge on any atom is -0.370 e. The predicted molar refractivity (Wildman–Crippen MR) is 52.3 cm³/mol. The van der Waals surface area contributed by atoms with Crippen molar-refractivity contribution < 1.29 is 18.0 Å². The lowest BCUT2D eigenvalue weighted by Crippen LogP contribution is -2.38. The summed E-state index contributed by atoms with van der Waals surface area (Å²) in [5, 5.41) is 0. The highest BCUT2D eigenvalue weighted by Crippen LogP contribution is 2.36. The normalized spacial score (nSPS) is 16.1. The quantitative estimate of drug-likeness (QED) is 0.711. The smallest absolute Gasteiger partial charge is 0.281 e. The second kappa shape index (κ2) is 5.98.